The first-order chi connectivity index (χ1) is 18.3. The molecule has 0 atom stereocenters. The lowest BCUT2D eigenvalue weighted by atomic mass is 10.0. The third-order valence-electron chi connectivity index (χ3n) is 6.70. The molecule has 3 aromatic carbocycles. The number of hydrogen-bond acceptors (Lipinski definition) is 3. The summed E-state index contributed by atoms with van der Waals surface area (Å²) in [4.78, 5) is 14.6. The van der Waals surface area contributed by atoms with E-state index in [2.05, 4.69) is 94.5 Å². The van der Waals surface area contributed by atoms with Crippen molar-refractivity contribution in [2.45, 2.75) is 0 Å². The highest BCUT2D eigenvalue weighted by Crippen LogP contribution is 2.33. The summed E-state index contributed by atoms with van der Waals surface area (Å²) in [7, 11) is 0. The van der Waals surface area contributed by atoms with E-state index in [9.17, 15) is 0 Å². The normalized spacial score (nSPS) is 11.2. The lowest BCUT2D eigenvalue weighted by Gasteiger charge is -2.12. The molecule has 0 amide bonds. The van der Waals surface area contributed by atoms with Gasteiger partial charge < -0.3 is 0 Å². The summed E-state index contributed by atoms with van der Waals surface area (Å²) >= 11 is 0. The Kier molecular flexibility index (Phi) is 5.07. The number of benzene rings is 3. The molecule has 0 saturated heterocycles. The van der Waals surface area contributed by atoms with Crippen LogP contribution in [0, 0.1) is 0 Å². The monoisotopic (exact) mass is 474 g/mol. The van der Waals surface area contributed by atoms with Crippen LogP contribution >= 0.6 is 0 Å². The van der Waals surface area contributed by atoms with E-state index in [1.54, 1.807) is 0 Å². The third-order valence-corrected chi connectivity index (χ3v) is 6.70. The molecule has 0 aliphatic heterocycles. The molecule has 4 aromatic heterocycles. The Morgan fingerprint density at radius 3 is 1.84 bits per heavy atom. The van der Waals surface area contributed by atoms with Crippen LogP contribution in [0.1, 0.15) is 0 Å². The third kappa shape index (κ3) is 3.76. The van der Waals surface area contributed by atoms with Crippen molar-refractivity contribution < 1.29 is 0 Å². The number of nitrogens with zero attached hydrogens (tertiary/aromatic N) is 4. The predicted octanol–water partition coefficient (Wildman–Crippen LogP) is 7.97. The molecule has 0 bridgehead atoms. The van der Waals surface area contributed by atoms with Gasteiger partial charge in [0.2, 0.25) is 0 Å². The number of aromatic nitrogens is 4. The molecule has 0 saturated carbocycles. The number of para-hydroxylation sites is 1. The summed E-state index contributed by atoms with van der Waals surface area (Å²) < 4.78 is 2.19. The van der Waals surface area contributed by atoms with Crippen LogP contribution in [0.3, 0.4) is 0 Å². The summed E-state index contributed by atoms with van der Waals surface area (Å²) in [5.74, 6) is 0.857. The lowest BCUT2D eigenvalue weighted by Crippen LogP contribution is -1.99. The summed E-state index contributed by atoms with van der Waals surface area (Å²) in [5, 5.41) is 2.35. The molecule has 0 aliphatic rings. The van der Waals surface area contributed by atoms with Crippen molar-refractivity contribution in [3.63, 3.8) is 0 Å². The zero-order valence-corrected chi connectivity index (χ0v) is 20.0. The van der Waals surface area contributed by atoms with E-state index in [-0.39, 0.29) is 0 Å². The van der Waals surface area contributed by atoms with Crippen LogP contribution in [0.15, 0.2) is 134 Å². The highest BCUT2D eigenvalue weighted by Gasteiger charge is 2.14. The lowest BCUT2D eigenvalue weighted by molar-refractivity contribution is 1.08. The van der Waals surface area contributed by atoms with Gasteiger partial charge in [-0.05, 0) is 36.4 Å². The van der Waals surface area contributed by atoms with Crippen molar-refractivity contribution in [2.75, 3.05) is 0 Å². The Hall–Kier alpha value is -5.09. The number of hydrogen-bond donors (Lipinski definition) is 0. The maximum atomic E-state index is 5.16. The largest absolute Gasteiger partial charge is 0.292 e. The summed E-state index contributed by atoms with van der Waals surface area (Å²) in [6, 6.07) is 41.5. The van der Waals surface area contributed by atoms with Crippen molar-refractivity contribution >= 4 is 21.8 Å². The predicted molar refractivity (Wildman–Crippen MR) is 150 cm³/mol. The molecule has 4 heteroatoms. The zero-order valence-electron chi connectivity index (χ0n) is 20.0. The molecule has 174 valence electrons. The van der Waals surface area contributed by atoms with Crippen LogP contribution in [0.5, 0.6) is 0 Å². The molecular formula is C33H22N4. The van der Waals surface area contributed by atoms with E-state index < -0.39 is 0 Å². The minimum Gasteiger partial charge on any atom is -0.292 e. The van der Waals surface area contributed by atoms with Gasteiger partial charge in [0.1, 0.15) is 5.82 Å². The second kappa shape index (κ2) is 8.85. The first-order valence-corrected chi connectivity index (χ1v) is 12.3. The van der Waals surface area contributed by atoms with Gasteiger partial charge in [-0.3, -0.25) is 9.55 Å². The molecule has 0 spiro atoms. The second-order valence-corrected chi connectivity index (χ2v) is 8.98. The van der Waals surface area contributed by atoms with E-state index >= 15 is 0 Å². The minimum atomic E-state index is 0.857. The highest BCUT2D eigenvalue weighted by molar-refractivity contribution is 6.08. The average molecular weight is 475 g/mol. The minimum absolute atomic E-state index is 0.857. The van der Waals surface area contributed by atoms with Gasteiger partial charge in [-0.1, -0.05) is 84.9 Å². The number of fused-ring (bicyclic) bond motifs is 3. The Balaban J connectivity index is 1.44. The molecule has 0 aliphatic carbocycles. The van der Waals surface area contributed by atoms with Gasteiger partial charge in [-0.2, -0.15) is 0 Å². The van der Waals surface area contributed by atoms with Crippen LogP contribution in [0.4, 0.5) is 0 Å². The van der Waals surface area contributed by atoms with Gasteiger partial charge in [-0.15, -0.1) is 0 Å². The van der Waals surface area contributed by atoms with Crippen LogP contribution in [-0.4, -0.2) is 19.5 Å². The van der Waals surface area contributed by atoms with Crippen molar-refractivity contribution in [1.82, 2.24) is 19.5 Å². The molecule has 0 radical (unpaired) electrons. The van der Waals surface area contributed by atoms with Crippen LogP contribution in [0.2, 0.25) is 0 Å². The highest BCUT2D eigenvalue weighted by atomic mass is 15.1. The molecule has 0 N–H and O–H groups in total. The smallest absolute Gasteiger partial charge is 0.138 e. The standard InChI is InChI=1S/C33H22N4/c1-3-10-23(11-4-1)29-20-25(21-30(35-29)24-12-5-2-6-13-24)28-15-9-17-33(36-28)37-31-16-8-7-14-26(31)27-18-19-34-22-32(27)37/h1-22H. The molecule has 0 fully saturated rings. The zero-order chi connectivity index (χ0) is 24.6. The van der Waals surface area contributed by atoms with Crippen LogP contribution in [0.25, 0.3) is 61.4 Å². The Morgan fingerprint density at radius 2 is 1.11 bits per heavy atom. The van der Waals surface area contributed by atoms with Crippen LogP contribution in [-0.2, 0) is 0 Å². The van der Waals surface area contributed by atoms with Gasteiger partial charge in [0.05, 0.1) is 34.3 Å². The maximum absolute atomic E-state index is 5.16. The molecule has 0 unspecified atom stereocenters. The SMILES string of the molecule is c1ccc(-c2cc(-c3cccc(-n4c5ccccc5c5ccncc54)n3)cc(-c3ccccc3)n2)cc1. The Bertz CT molecular complexity index is 1760. The quantitative estimate of drug-likeness (QED) is 0.260. The Labute approximate surface area is 214 Å². The average Bonchev–Trinajstić information content (AvgIpc) is 3.32. The van der Waals surface area contributed by atoms with Gasteiger partial charge in [-0.25, -0.2) is 9.97 Å². The number of pyridine rings is 3. The fourth-order valence-electron chi connectivity index (χ4n) is 4.97. The molecule has 7 rings (SSSR count). The fourth-order valence-corrected chi connectivity index (χ4v) is 4.97. The first-order valence-electron chi connectivity index (χ1n) is 12.3. The van der Waals surface area contributed by atoms with Gasteiger partial charge in [0.25, 0.3) is 0 Å². The van der Waals surface area contributed by atoms with Crippen molar-refractivity contribution in [3.05, 3.63) is 134 Å². The summed E-state index contributed by atoms with van der Waals surface area (Å²) in [6.07, 6.45) is 3.76. The van der Waals surface area contributed by atoms with E-state index in [0.29, 0.717) is 0 Å². The van der Waals surface area contributed by atoms with Crippen molar-refractivity contribution in [3.8, 4) is 39.6 Å². The van der Waals surface area contributed by atoms with Gasteiger partial charge in [0.15, 0.2) is 0 Å². The van der Waals surface area contributed by atoms with E-state index in [1.165, 1.54) is 10.8 Å². The summed E-state index contributed by atoms with van der Waals surface area (Å²) in [6.45, 7) is 0. The Morgan fingerprint density at radius 1 is 0.459 bits per heavy atom. The van der Waals surface area contributed by atoms with Gasteiger partial charge in [0, 0.05) is 33.7 Å². The van der Waals surface area contributed by atoms with E-state index in [1.807, 2.05) is 48.8 Å². The maximum Gasteiger partial charge on any atom is 0.138 e. The van der Waals surface area contributed by atoms with Gasteiger partial charge >= 0.3 is 0 Å². The van der Waals surface area contributed by atoms with E-state index in [0.717, 1.165) is 50.6 Å². The summed E-state index contributed by atoms with van der Waals surface area (Å²) in [5.41, 5.74) is 8.06. The van der Waals surface area contributed by atoms with E-state index in [4.69, 9.17) is 9.97 Å². The topological polar surface area (TPSA) is 43.6 Å². The first kappa shape index (κ1) is 21.2. The molecule has 7 aromatic rings. The second-order valence-electron chi connectivity index (χ2n) is 8.98. The van der Waals surface area contributed by atoms with Crippen LogP contribution < -0.4 is 0 Å². The molecule has 4 heterocycles. The number of rotatable bonds is 4. The molecule has 4 nitrogen and oxygen atoms in total. The molecular weight excluding hydrogens is 452 g/mol. The van der Waals surface area contributed by atoms with Crippen molar-refractivity contribution in [2.24, 2.45) is 0 Å². The fraction of sp³-hybridized carbons (Fsp3) is 0. The molecule has 37 heavy (non-hydrogen) atoms. The van der Waals surface area contributed by atoms with Crippen molar-refractivity contribution in [1.29, 1.82) is 0 Å².